The fourth-order valence-corrected chi connectivity index (χ4v) is 6.07. The summed E-state index contributed by atoms with van der Waals surface area (Å²) in [4.78, 5) is 32.1. The van der Waals surface area contributed by atoms with E-state index in [9.17, 15) is 9.59 Å². The molecule has 34 heavy (non-hydrogen) atoms. The van der Waals surface area contributed by atoms with Crippen molar-refractivity contribution in [2.45, 2.75) is 76.8 Å². The molecule has 0 atom stereocenters. The van der Waals surface area contributed by atoms with Crippen molar-refractivity contribution in [3.63, 3.8) is 0 Å². The maximum Gasteiger partial charge on any atom is 0.257 e. The molecule has 184 valence electrons. The average Bonchev–Trinajstić information content (AvgIpc) is 3.24. The molecular formula is C27H38N4O3. The third-order valence-corrected chi connectivity index (χ3v) is 8.03. The SMILES string of the molecule is O=C(CC1CCCCC1)NC1CCC(Cn2cc(C(=O)N3CCOCC3)c3ncccc32)CC1. The summed E-state index contributed by atoms with van der Waals surface area (Å²) in [5.41, 5.74) is 2.52. The lowest BCUT2D eigenvalue weighted by Crippen LogP contribution is -2.40. The van der Waals surface area contributed by atoms with Gasteiger partial charge in [-0.15, -0.1) is 0 Å². The van der Waals surface area contributed by atoms with Gasteiger partial charge in [-0.2, -0.15) is 0 Å². The molecule has 0 aromatic carbocycles. The van der Waals surface area contributed by atoms with Gasteiger partial charge in [0.1, 0.15) is 5.52 Å². The van der Waals surface area contributed by atoms with Gasteiger partial charge in [0.15, 0.2) is 0 Å². The third-order valence-electron chi connectivity index (χ3n) is 8.03. The molecule has 3 fully saturated rings. The number of aromatic nitrogens is 2. The number of pyridine rings is 1. The highest BCUT2D eigenvalue weighted by Crippen LogP contribution is 2.30. The number of nitrogens with one attached hydrogen (secondary N) is 1. The normalized spacial score (nSPS) is 24.3. The summed E-state index contributed by atoms with van der Waals surface area (Å²) in [6.07, 6.45) is 15.1. The van der Waals surface area contributed by atoms with Crippen LogP contribution in [0.1, 0.15) is 74.6 Å². The number of carbonyl (C=O) groups is 2. The van der Waals surface area contributed by atoms with Gasteiger partial charge in [-0.3, -0.25) is 14.6 Å². The van der Waals surface area contributed by atoms with E-state index in [0.29, 0.717) is 56.2 Å². The highest BCUT2D eigenvalue weighted by atomic mass is 16.5. The molecule has 0 unspecified atom stereocenters. The molecule has 0 spiro atoms. The Bertz CT molecular complexity index is 983. The highest BCUT2D eigenvalue weighted by Gasteiger charge is 2.27. The molecule has 7 nitrogen and oxygen atoms in total. The maximum absolute atomic E-state index is 13.2. The molecule has 5 rings (SSSR count). The molecule has 1 saturated heterocycles. The second kappa shape index (κ2) is 10.9. The molecule has 2 aromatic rings. The number of ether oxygens (including phenoxy) is 1. The molecule has 0 radical (unpaired) electrons. The molecule has 3 aliphatic rings. The van der Waals surface area contributed by atoms with Crippen LogP contribution >= 0.6 is 0 Å². The van der Waals surface area contributed by atoms with Crippen LogP contribution in [0.3, 0.4) is 0 Å². The Morgan fingerprint density at radius 2 is 1.76 bits per heavy atom. The van der Waals surface area contributed by atoms with Gasteiger partial charge in [0, 0.05) is 44.5 Å². The Balaban J connectivity index is 1.17. The van der Waals surface area contributed by atoms with E-state index in [4.69, 9.17) is 4.74 Å². The number of amides is 2. The Hall–Kier alpha value is -2.41. The minimum atomic E-state index is 0.0511. The Kier molecular flexibility index (Phi) is 7.48. The molecule has 1 N–H and O–H groups in total. The highest BCUT2D eigenvalue weighted by molar-refractivity contribution is 6.05. The van der Waals surface area contributed by atoms with E-state index in [0.717, 1.165) is 43.3 Å². The van der Waals surface area contributed by atoms with Crippen LogP contribution in [0.2, 0.25) is 0 Å². The van der Waals surface area contributed by atoms with Crippen LogP contribution in [-0.2, 0) is 16.1 Å². The zero-order valence-corrected chi connectivity index (χ0v) is 20.2. The van der Waals surface area contributed by atoms with Crippen molar-refractivity contribution in [1.29, 1.82) is 0 Å². The van der Waals surface area contributed by atoms with Crippen molar-refractivity contribution >= 4 is 22.8 Å². The Morgan fingerprint density at radius 3 is 2.53 bits per heavy atom. The molecular weight excluding hydrogens is 428 g/mol. The van der Waals surface area contributed by atoms with Crippen LogP contribution in [0.25, 0.3) is 11.0 Å². The molecule has 2 aliphatic carbocycles. The summed E-state index contributed by atoms with van der Waals surface area (Å²) in [6.45, 7) is 3.35. The predicted octanol–water partition coefficient (Wildman–Crippen LogP) is 4.15. The van der Waals surface area contributed by atoms with E-state index in [-0.39, 0.29) is 11.8 Å². The molecule has 1 aliphatic heterocycles. The van der Waals surface area contributed by atoms with Gasteiger partial charge in [-0.05, 0) is 62.5 Å². The summed E-state index contributed by atoms with van der Waals surface area (Å²) < 4.78 is 7.63. The smallest absolute Gasteiger partial charge is 0.257 e. The Labute approximate surface area is 202 Å². The van der Waals surface area contributed by atoms with Crippen LogP contribution in [0.15, 0.2) is 24.5 Å². The number of hydrogen-bond donors (Lipinski definition) is 1. The second-order valence-corrected chi connectivity index (χ2v) is 10.5. The van der Waals surface area contributed by atoms with Crippen LogP contribution in [0.5, 0.6) is 0 Å². The molecule has 2 saturated carbocycles. The van der Waals surface area contributed by atoms with Gasteiger partial charge in [0.05, 0.1) is 24.3 Å². The standard InChI is InChI=1S/C27H38N4O3/c32-25(17-20-5-2-1-3-6-20)29-22-10-8-21(9-11-22)18-31-19-23(26-24(31)7-4-12-28-26)27(33)30-13-15-34-16-14-30/h4,7,12,19-22H,1-3,5-6,8-11,13-18H2,(H,29,32). The minimum Gasteiger partial charge on any atom is -0.378 e. The van der Waals surface area contributed by atoms with Crippen LogP contribution in [0, 0.1) is 11.8 Å². The molecule has 3 heterocycles. The largest absolute Gasteiger partial charge is 0.378 e. The number of rotatable bonds is 6. The van der Waals surface area contributed by atoms with E-state index in [1.54, 1.807) is 6.20 Å². The van der Waals surface area contributed by atoms with Crippen molar-refractivity contribution in [2.75, 3.05) is 26.3 Å². The van der Waals surface area contributed by atoms with E-state index in [1.165, 1.54) is 32.1 Å². The predicted molar refractivity (Wildman–Crippen MR) is 132 cm³/mol. The monoisotopic (exact) mass is 466 g/mol. The van der Waals surface area contributed by atoms with Crippen LogP contribution in [-0.4, -0.2) is 58.6 Å². The Morgan fingerprint density at radius 1 is 1.00 bits per heavy atom. The number of nitrogens with zero attached hydrogens (tertiary/aromatic N) is 3. The molecule has 0 bridgehead atoms. The maximum atomic E-state index is 13.2. The van der Waals surface area contributed by atoms with Crippen molar-refractivity contribution in [3.8, 4) is 0 Å². The lowest BCUT2D eigenvalue weighted by Gasteiger charge is -2.30. The first-order valence-electron chi connectivity index (χ1n) is 13.3. The number of carbonyl (C=O) groups excluding carboxylic acids is 2. The van der Waals surface area contributed by atoms with Crippen molar-refractivity contribution in [2.24, 2.45) is 11.8 Å². The topological polar surface area (TPSA) is 76.5 Å². The number of fused-ring (bicyclic) bond motifs is 1. The summed E-state index contributed by atoms with van der Waals surface area (Å²) >= 11 is 0. The number of morpholine rings is 1. The third kappa shape index (κ3) is 5.45. The van der Waals surface area contributed by atoms with Gasteiger partial charge in [-0.25, -0.2) is 0 Å². The second-order valence-electron chi connectivity index (χ2n) is 10.5. The zero-order valence-electron chi connectivity index (χ0n) is 20.2. The summed E-state index contributed by atoms with van der Waals surface area (Å²) in [6, 6.07) is 4.32. The van der Waals surface area contributed by atoms with Crippen LogP contribution < -0.4 is 5.32 Å². The lowest BCUT2D eigenvalue weighted by atomic mass is 9.85. The lowest BCUT2D eigenvalue weighted by molar-refractivity contribution is -0.123. The number of hydrogen-bond acceptors (Lipinski definition) is 4. The molecule has 2 aromatic heterocycles. The van der Waals surface area contributed by atoms with E-state index in [1.807, 2.05) is 17.2 Å². The summed E-state index contributed by atoms with van der Waals surface area (Å²) in [5, 5.41) is 3.32. The van der Waals surface area contributed by atoms with Crippen molar-refractivity contribution in [1.82, 2.24) is 19.8 Å². The van der Waals surface area contributed by atoms with Crippen LogP contribution in [0.4, 0.5) is 0 Å². The quantitative estimate of drug-likeness (QED) is 0.694. The van der Waals surface area contributed by atoms with Gasteiger partial charge >= 0.3 is 0 Å². The first kappa shape index (κ1) is 23.3. The van der Waals surface area contributed by atoms with E-state index in [2.05, 4.69) is 20.9 Å². The fraction of sp³-hybridized carbons (Fsp3) is 0.667. The first-order valence-corrected chi connectivity index (χ1v) is 13.3. The van der Waals surface area contributed by atoms with Crippen molar-refractivity contribution < 1.29 is 14.3 Å². The average molecular weight is 467 g/mol. The van der Waals surface area contributed by atoms with Crippen molar-refractivity contribution in [3.05, 3.63) is 30.1 Å². The first-order chi connectivity index (χ1) is 16.7. The fourth-order valence-electron chi connectivity index (χ4n) is 6.07. The van der Waals surface area contributed by atoms with Gasteiger partial charge < -0.3 is 19.5 Å². The minimum absolute atomic E-state index is 0.0511. The summed E-state index contributed by atoms with van der Waals surface area (Å²) in [5.74, 6) is 1.45. The molecule has 2 amide bonds. The van der Waals surface area contributed by atoms with E-state index >= 15 is 0 Å². The van der Waals surface area contributed by atoms with Gasteiger partial charge in [0.25, 0.3) is 5.91 Å². The van der Waals surface area contributed by atoms with Gasteiger partial charge in [-0.1, -0.05) is 19.3 Å². The summed E-state index contributed by atoms with van der Waals surface area (Å²) in [7, 11) is 0. The molecule has 7 heteroatoms. The van der Waals surface area contributed by atoms with E-state index < -0.39 is 0 Å². The van der Waals surface area contributed by atoms with Gasteiger partial charge in [0.2, 0.25) is 5.91 Å². The zero-order chi connectivity index (χ0) is 23.3.